The van der Waals surface area contributed by atoms with Gasteiger partial charge in [0.05, 0.1) is 34.0 Å². The van der Waals surface area contributed by atoms with Crippen LogP contribution in [0.25, 0.3) is 11.1 Å². The average Bonchev–Trinajstić information content (AvgIpc) is 3.42. The van der Waals surface area contributed by atoms with Crippen molar-refractivity contribution in [2.75, 3.05) is 35.2 Å². The van der Waals surface area contributed by atoms with Crippen molar-refractivity contribution in [1.82, 2.24) is 0 Å². The lowest BCUT2D eigenvalue weighted by atomic mass is 9.73. The van der Waals surface area contributed by atoms with E-state index in [1.165, 1.54) is 21.3 Å². The Bertz CT molecular complexity index is 1400. The summed E-state index contributed by atoms with van der Waals surface area (Å²) in [7, 11) is 6.08. The monoisotopic (exact) mass is 536 g/mol. The Morgan fingerprint density at radius 3 is 2.26 bits per heavy atom. The number of fused-ring (bicyclic) bond motifs is 4. The summed E-state index contributed by atoms with van der Waals surface area (Å²) in [6, 6.07) is 12.3. The van der Waals surface area contributed by atoms with Gasteiger partial charge in [0, 0.05) is 16.7 Å². The highest BCUT2D eigenvalue weighted by atomic mass is 16.7. The van der Waals surface area contributed by atoms with E-state index in [0.29, 0.717) is 63.2 Å². The van der Waals surface area contributed by atoms with Crippen LogP contribution in [0.3, 0.4) is 0 Å². The van der Waals surface area contributed by atoms with Gasteiger partial charge in [-0.05, 0) is 49.1 Å². The molecule has 1 heterocycles. The number of hydrogen-bond acceptors (Lipinski definition) is 9. The first-order valence-corrected chi connectivity index (χ1v) is 12.6. The molecule has 0 fully saturated rings. The molecule has 3 aromatic carbocycles. The molecule has 0 radical (unpaired) electrons. The summed E-state index contributed by atoms with van der Waals surface area (Å²) in [6.45, 7) is 3.63. The number of carbonyl (C=O) groups is 1. The average molecular weight is 537 g/mol. The Hall–Kier alpha value is -4.11. The third kappa shape index (κ3) is 4.27. The minimum Gasteiger partial charge on any atom is -0.493 e. The van der Waals surface area contributed by atoms with Gasteiger partial charge in [0.1, 0.15) is 5.60 Å². The maximum absolute atomic E-state index is 13.4. The molecule has 5 rings (SSSR count). The van der Waals surface area contributed by atoms with Crippen molar-refractivity contribution in [3.8, 4) is 45.6 Å². The standard InChI is InChI=1S/C30H32O9/c1-16-12-18-13-21-25(38-15-37-21)26(35-5)22(18)23-19(14-20(33-3)24(34-4)27(23)36-6)28(30(16,2)32)39-29(31)17-10-8-7-9-11-17/h7-11,13-14,16,28,32H,12,15H2,1-6H3/t16-,28?,30-/m0/s1. The summed E-state index contributed by atoms with van der Waals surface area (Å²) >= 11 is 0. The second-order valence-electron chi connectivity index (χ2n) is 9.77. The van der Waals surface area contributed by atoms with Crippen molar-refractivity contribution in [2.24, 2.45) is 5.92 Å². The predicted octanol–water partition coefficient (Wildman–Crippen LogP) is 4.96. The van der Waals surface area contributed by atoms with Gasteiger partial charge in [0.2, 0.25) is 18.3 Å². The van der Waals surface area contributed by atoms with Crippen molar-refractivity contribution >= 4 is 5.97 Å². The summed E-state index contributed by atoms with van der Waals surface area (Å²) in [5.74, 6) is 1.51. The molecule has 1 unspecified atom stereocenters. The second-order valence-corrected chi connectivity index (χ2v) is 9.77. The molecule has 0 spiro atoms. The van der Waals surface area contributed by atoms with Crippen LogP contribution >= 0.6 is 0 Å². The zero-order valence-corrected chi connectivity index (χ0v) is 22.8. The molecule has 1 N–H and O–H groups in total. The van der Waals surface area contributed by atoms with Gasteiger partial charge in [-0.2, -0.15) is 0 Å². The number of aliphatic hydroxyl groups is 1. The third-order valence-corrected chi connectivity index (χ3v) is 7.59. The number of benzene rings is 3. The fourth-order valence-electron chi connectivity index (χ4n) is 5.37. The van der Waals surface area contributed by atoms with Crippen LogP contribution in [-0.2, 0) is 11.2 Å². The third-order valence-electron chi connectivity index (χ3n) is 7.59. The van der Waals surface area contributed by atoms with Crippen molar-refractivity contribution in [3.05, 3.63) is 59.2 Å². The Morgan fingerprint density at radius 2 is 1.62 bits per heavy atom. The van der Waals surface area contributed by atoms with Crippen LogP contribution in [0.2, 0.25) is 0 Å². The number of rotatable bonds is 6. The zero-order chi connectivity index (χ0) is 27.9. The smallest absolute Gasteiger partial charge is 0.338 e. The van der Waals surface area contributed by atoms with Gasteiger partial charge in [0.15, 0.2) is 29.1 Å². The van der Waals surface area contributed by atoms with Gasteiger partial charge in [0.25, 0.3) is 0 Å². The summed E-state index contributed by atoms with van der Waals surface area (Å²) in [5, 5.41) is 12.1. The summed E-state index contributed by atoms with van der Waals surface area (Å²) < 4.78 is 40.9. The first-order chi connectivity index (χ1) is 18.8. The van der Waals surface area contributed by atoms with Crippen LogP contribution in [0.15, 0.2) is 42.5 Å². The van der Waals surface area contributed by atoms with Gasteiger partial charge < -0.3 is 38.3 Å². The molecule has 9 heteroatoms. The summed E-state index contributed by atoms with van der Waals surface area (Å²) in [5.41, 5.74) is 1.34. The van der Waals surface area contributed by atoms with Gasteiger partial charge >= 0.3 is 5.97 Å². The molecule has 39 heavy (non-hydrogen) atoms. The van der Waals surface area contributed by atoms with Crippen molar-refractivity contribution in [2.45, 2.75) is 32.0 Å². The van der Waals surface area contributed by atoms with Gasteiger partial charge in [-0.25, -0.2) is 4.79 Å². The Balaban J connectivity index is 1.87. The number of carbonyl (C=O) groups excluding carboxylic acids is 1. The van der Waals surface area contributed by atoms with E-state index >= 15 is 0 Å². The number of esters is 1. The molecule has 9 nitrogen and oxygen atoms in total. The largest absolute Gasteiger partial charge is 0.493 e. The van der Waals surface area contributed by atoms with Gasteiger partial charge in [-0.1, -0.05) is 25.1 Å². The minimum absolute atomic E-state index is 0.0507. The minimum atomic E-state index is -1.51. The van der Waals surface area contributed by atoms with E-state index in [2.05, 4.69) is 0 Å². The maximum Gasteiger partial charge on any atom is 0.338 e. The quantitative estimate of drug-likeness (QED) is 0.438. The lowest BCUT2D eigenvalue weighted by Gasteiger charge is -2.41. The molecule has 0 saturated carbocycles. The first-order valence-electron chi connectivity index (χ1n) is 12.6. The van der Waals surface area contributed by atoms with E-state index in [1.54, 1.807) is 44.4 Å². The van der Waals surface area contributed by atoms with Crippen molar-refractivity contribution in [3.63, 3.8) is 0 Å². The van der Waals surface area contributed by atoms with Crippen LogP contribution in [0.5, 0.6) is 34.5 Å². The molecule has 0 saturated heterocycles. The van der Waals surface area contributed by atoms with Crippen LogP contribution < -0.4 is 28.4 Å². The Kier molecular flexibility index (Phi) is 6.94. The molecule has 3 atom stereocenters. The van der Waals surface area contributed by atoms with Gasteiger partial charge in [-0.3, -0.25) is 0 Å². The van der Waals surface area contributed by atoms with Crippen molar-refractivity contribution in [1.29, 1.82) is 0 Å². The topological polar surface area (TPSA) is 102 Å². The Labute approximate surface area is 227 Å². The molecule has 1 aliphatic carbocycles. The van der Waals surface area contributed by atoms with E-state index in [-0.39, 0.29) is 12.7 Å². The molecule has 3 aromatic rings. The second kappa shape index (κ2) is 10.2. The van der Waals surface area contributed by atoms with E-state index < -0.39 is 17.7 Å². The van der Waals surface area contributed by atoms with Crippen LogP contribution in [-0.4, -0.2) is 51.9 Å². The zero-order valence-electron chi connectivity index (χ0n) is 22.8. The molecule has 2 aliphatic rings. The lowest BCUT2D eigenvalue weighted by Crippen LogP contribution is -2.43. The highest BCUT2D eigenvalue weighted by Gasteiger charge is 2.47. The summed E-state index contributed by atoms with van der Waals surface area (Å²) in [4.78, 5) is 13.4. The van der Waals surface area contributed by atoms with Crippen LogP contribution in [0.4, 0.5) is 0 Å². The normalized spacial score (nSPS) is 21.1. The van der Waals surface area contributed by atoms with Crippen LogP contribution in [0.1, 0.15) is 41.4 Å². The maximum atomic E-state index is 13.4. The molecule has 0 amide bonds. The van der Waals surface area contributed by atoms with Crippen LogP contribution in [0, 0.1) is 5.92 Å². The molecule has 0 bridgehead atoms. The molecule has 1 aliphatic heterocycles. The molecular formula is C30H32O9. The van der Waals surface area contributed by atoms with Gasteiger partial charge in [-0.15, -0.1) is 0 Å². The van der Waals surface area contributed by atoms with E-state index in [4.69, 9.17) is 33.2 Å². The highest BCUT2D eigenvalue weighted by molar-refractivity contribution is 5.91. The van der Waals surface area contributed by atoms with E-state index in [1.807, 2.05) is 19.1 Å². The molecular weight excluding hydrogens is 504 g/mol. The fourth-order valence-corrected chi connectivity index (χ4v) is 5.37. The van der Waals surface area contributed by atoms with E-state index in [9.17, 15) is 9.90 Å². The van der Waals surface area contributed by atoms with Crippen molar-refractivity contribution < 1.29 is 43.1 Å². The molecule has 0 aromatic heterocycles. The number of hydrogen-bond donors (Lipinski definition) is 1. The summed E-state index contributed by atoms with van der Waals surface area (Å²) in [6.07, 6.45) is -0.710. The Morgan fingerprint density at radius 1 is 0.923 bits per heavy atom. The first kappa shape index (κ1) is 26.5. The number of ether oxygens (including phenoxy) is 7. The predicted molar refractivity (Wildman–Crippen MR) is 142 cm³/mol. The molecule has 206 valence electrons. The highest BCUT2D eigenvalue weighted by Crippen LogP contribution is 2.59. The number of methoxy groups -OCH3 is 4. The van der Waals surface area contributed by atoms with E-state index in [0.717, 1.165) is 5.56 Å². The lowest BCUT2D eigenvalue weighted by molar-refractivity contribution is -0.107. The SMILES string of the molecule is COc1cc2c(c(OC)c1OC)-c1c(cc3c(c1OC)OCO3)C[C@H](C)[C@](C)(O)C2OC(=O)c1ccccc1. The fraction of sp³-hybridized carbons (Fsp3) is 0.367.